The zero-order valence-corrected chi connectivity index (χ0v) is 11.1. The number of nitrogens with one attached hydrogen (secondary N) is 1. The van der Waals surface area contributed by atoms with Gasteiger partial charge in [0.05, 0.1) is 12.7 Å². The van der Waals surface area contributed by atoms with Crippen molar-refractivity contribution in [2.75, 3.05) is 19.8 Å². The molecule has 4 nitrogen and oxygen atoms in total. The van der Waals surface area contributed by atoms with Crippen LogP contribution in [0.15, 0.2) is 12.7 Å². The smallest absolute Gasteiger partial charge is 0.220 e. The average Bonchev–Trinajstić information content (AvgIpc) is 2.36. The molecule has 104 valence electrons. The van der Waals surface area contributed by atoms with E-state index in [1.54, 1.807) is 6.08 Å². The lowest BCUT2D eigenvalue weighted by Crippen LogP contribution is -2.32. The molecular weight excluding hydrogens is 230 g/mol. The molecule has 2 unspecified atom stereocenters. The van der Waals surface area contributed by atoms with Crippen LogP contribution < -0.4 is 5.32 Å². The van der Waals surface area contributed by atoms with Gasteiger partial charge < -0.3 is 15.2 Å². The van der Waals surface area contributed by atoms with Crippen molar-refractivity contribution >= 4 is 5.91 Å². The van der Waals surface area contributed by atoms with Gasteiger partial charge in [-0.1, -0.05) is 12.5 Å². The Labute approximate surface area is 109 Å². The van der Waals surface area contributed by atoms with Crippen LogP contribution in [0.4, 0.5) is 0 Å². The Bertz CT molecular complexity index is 255. The highest BCUT2D eigenvalue weighted by Gasteiger charge is 2.20. The van der Waals surface area contributed by atoms with Gasteiger partial charge in [0.25, 0.3) is 0 Å². The van der Waals surface area contributed by atoms with Gasteiger partial charge in [-0.05, 0) is 31.6 Å². The largest absolute Gasteiger partial charge is 0.393 e. The van der Waals surface area contributed by atoms with E-state index in [1.165, 1.54) is 0 Å². The lowest BCUT2D eigenvalue weighted by molar-refractivity contribution is -0.121. The summed E-state index contributed by atoms with van der Waals surface area (Å²) in [7, 11) is 0. The highest BCUT2D eigenvalue weighted by molar-refractivity contribution is 5.75. The molecule has 1 aliphatic rings. The van der Waals surface area contributed by atoms with Gasteiger partial charge in [0.15, 0.2) is 0 Å². The summed E-state index contributed by atoms with van der Waals surface area (Å²) in [5, 5.41) is 12.5. The maximum Gasteiger partial charge on any atom is 0.220 e. The molecular formula is C14H25NO3. The molecule has 0 spiro atoms. The summed E-state index contributed by atoms with van der Waals surface area (Å²) >= 11 is 0. The second-order valence-corrected chi connectivity index (χ2v) is 4.96. The standard InChI is InChI=1S/C14H25NO3/c1-2-8-18-9-4-7-14(17)15-11-12-5-3-6-13(16)10-12/h2,12-13,16H,1,3-11H2,(H,15,17). The van der Waals surface area contributed by atoms with E-state index >= 15 is 0 Å². The predicted molar refractivity (Wildman–Crippen MR) is 71.2 cm³/mol. The summed E-state index contributed by atoms with van der Waals surface area (Å²) in [6.45, 7) is 5.40. The SMILES string of the molecule is C=CCOCCCC(=O)NCC1CCCC(O)C1. The summed E-state index contributed by atoms with van der Waals surface area (Å²) in [6.07, 6.45) is 6.69. The van der Waals surface area contributed by atoms with E-state index in [9.17, 15) is 9.90 Å². The van der Waals surface area contributed by atoms with Crippen LogP contribution in [0.5, 0.6) is 0 Å². The Kier molecular flexibility index (Phi) is 7.69. The minimum absolute atomic E-state index is 0.0808. The van der Waals surface area contributed by atoms with E-state index in [0.29, 0.717) is 32.1 Å². The lowest BCUT2D eigenvalue weighted by Gasteiger charge is -2.25. The molecule has 1 aliphatic carbocycles. The summed E-state index contributed by atoms with van der Waals surface area (Å²) in [5.74, 6) is 0.520. The van der Waals surface area contributed by atoms with E-state index in [2.05, 4.69) is 11.9 Å². The fraction of sp³-hybridized carbons (Fsp3) is 0.786. The number of aliphatic hydroxyl groups is 1. The Balaban J connectivity index is 2.00. The van der Waals surface area contributed by atoms with Crippen LogP contribution in [0, 0.1) is 5.92 Å². The minimum atomic E-state index is -0.173. The van der Waals surface area contributed by atoms with Crippen LogP contribution in [0.1, 0.15) is 38.5 Å². The van der Waals surface area contributed by atoms with Crippen LogP contribution in [0.3, 0.4) is 0 Å². The summed E-state index contributed by atoms with van der Waals surface area (Å²) in [5.41, 5.74) is 0. The number of aliphatic hydroxyl groups excluding tert-OH is 1. The molecule has 1 amide bonds. The molecule has 0 aliphatic heterocycles. The first-order valence-electron chi connectivity index (χ1n) is 6.85. The van der Waals surface area contributed by atoms with Gasteiger partial charge in [-0.3, -0.25) is 4.79 Å². The Morgan fingerprint density at radius 2 is 2.33 bits per heavy atom. The molecule has 1 fully saturated rings. The van der Waals surface area contributed by atoms with Crippen LogP contribution in [0.25, 0.3) is 0 Å². The summed E-state index contributed by atoms with van der Waals surface area (Å²) in [6, 6.07) is 0. The van der Waals surface area contributed by atoms with Gasteiger partial charge >= 0.3 is 0 Å². The molecule has 18 heavy (non-hydrogen) atoms. The first-order valence-corrected chi connectivity index (χ1v) is 6.85. The lowest BCUT2D eigenvalue weighted by atomic mass is 9.87. The second-order valence-electron chi connectivity index (χ2n) is 4.96. The first-order chi connectivity index (χ1) is 8.72. The monoisotopic (exact) mass is 255 g/mol. The topological polar surface area (TPSA) is 58.6 Å². The van der Waals surface area contributed by atoms with Gasteiger partial charge in [-0.2, -0.15) is 0 Å². The first kappa shape index (κ1) is 15.2. The van der Waals surface area contributed by atoms with E-state index in [-0.39, 0.29) is 12.0 Å². The fourth-order valence-corrected chi connectivity index (χ4v) is 2.30. The predicted octanol–water partition coefficient (Wildman–Crippen LogP) is 1.64. The number of carbonyl (C=O) groups is 1. The molecule has 0 aromatic heterocycles. The van der Waals surface area contributed by atoms with Crippen LogP contribution in [0.2, 0.25) is 0 Å². The van der Waals surface area contributed by atoms with Crippen LogP contribution in [-0.4, -0.2) is 36.9 Å². The molecule has 0 heterocycles. The van der Waals surface area contributed by atoms with Crippen molar-refractivity contribution in [3.8, 4) is 0 Å². The normalized spacial score (nSPS) is 23.6. The summed E-state index contributed by atoms with van der Waals surface area (Å²) in [4.78, 5) is 11.6. The molecule has 1 saturated carbocycles. The maximum absolute atomic E-state index is 11.6. The zero-order chi connectivity index (χ0) is 13.2. The van der Waals surface area contributed by atoms with Crippen LogP contribution in [-0.2, 0) is 9.53 Å². The minimum Gasteiger partial charge on any atom is -0.393 e. The highest BCUT2D eigenvalue weighted by atomic mass is 16.5. The number of hydrogen-bond acceptors (Lipinski definition) is 3. The molecule has 0 saturated heterocycles. The third kappa shape index (κ3) is 6.77. The van der Waals surface area contributed by atoms with Gasteiger partial charge in [-0.15, -0.1) is 6.58 Å². The quantitative estimate of drug-likeness (QED) is 0.512. The van der Waals surface area contributed by atoms with Crippen molar-refractivity contribution < 1.29 is 14.6 Å². The van der Waals surface area contributed by atoms with Gasteiger partial charge in [0.1, 0.15) is 0 Å². The van der Waals surface area contributed by atoms with E-state index in [1.807, 2.05) is 0 Å². The van der Waals surface area contributed by atoms with E-state index < -0.39 is 0 Å². The van der Waals surface area contributed by atoms with Crippen molar-refractivity contribution in [1.82, 2.24) is 5.32 Å². The number of rotatable bonds is 8. The Hall–Kier alpha value is -0.870. The Morgan fingerprint density at radius 3 is 3.06 bits per heavy atom. The molecule has 1 rings (SSSR count). The van der Waals surface area contributed by atoms with E-state index in [0.717, 1.165) is 32.1 Å². The number of ether oxygens (including phenoxy) is 1. The highest BCUT2D eigenvalue weighted by Crippen LogP contribution is 2.23. The summed E-state index contributed by atoms with van der Waals surface area (Å²) < 4.78 is 5.21. The van der Waals surface area contributed by atoms with Crippen molar-refractivity contribution in [3.05, 3.63) is 12.7 Å². The molecule has 0 aromatic rings. The zero-order valence-electron chi connectivity index (χ0n) is 11.1. The molecule has 2 N–H and O–H groups in total. The third-order valence-electron chi connectivity index (χ3n) is 3.27. The van der Waals surface area contributed by atoms with Crippen LogP contribution >= 0.6 is 0 Å². The third-order valence-corrected chi connectivity index (χ3v) is 3.27. The van der Waals surface area contributed by atoms with Crippen molar-refractivity contribution in [2.24, 2.45) is 5.92 Å². The van der Waals surface area contributed by atoms with Gasteiger partial charge in [0.2, 0.25) is 5.91 Å². The molecule has 0 aromatic carbocycles. The van der Waals surface area contributed by atoms with Crippen molar-refractivity contribution in [2.45, 2.75) is 44.6 Å². The van der Waals surface area contributed by atoms with Crippen molar-refractivity contribution in [1.29, 1.82) is 0 Å². The second kappa shape index (κ2) is 9.11. The van der Waals surface area contributed by atoms with Gasteiger partial charge in [0, 0.05) is 19.6 Å². The number of amides is 1. The molecule has 2 atom stereocenters. The molecule has 0 bridgehead atoms. The Morgan fingerprint density at radius 1 is 1.50 bits per heavy atom. The molecule has 4 heteroatoms. The van der Waals surface area contributed by atoms with Gasteiger partial charge in [-0.25, -0.2) is 0 Å². The average molecular weight is 255 g/mol. The number of carbonyl (C=O) groups excluding carboxylic acids is 1. The maximum atomic E-state index is 11.6. The van der Waals surface area contributed by atoms with E-state index in [4.69, 9.17) is 4.74 Å². The molecule has 0 radical (unpaired) electrons. The van der Waals surface area contributed by atoms with Crippen molar-refractivity contribution in [3.63, 3.8) is 0 Å². The fourth-order valence-electron chi connectivity index (χ4n) is 2.30. The number of hydrogen-bond donors (Lipinski definition) is 2.